The minimum absolute atomic E-state index is 0.0328. The maximum absolute atomic E-state index is 13.7. The molecule has 152 valence electrons. The largest absolute Gasteiger partial charge is 0.435 e. The molecule has 0 spiro atoms. The molecule has 28 heavy (non-hydrogen) atoms. The number of sulfonamides is 1. The lowest BCUT2D eigenvalue weighted by molar-refractivity contribution is -0.131. The highest BCUT2D eigenvalue weighted by Gasteiger charge is 2.26. The third-order valence-corrected chi connectivity index (χ3v) is 5.32. The van der Waals surface area contributed by atoms with Crippen LogP contribution in [0.15, 0.2) is 53.4 Å². The van der Waals surface area contributed by atoms with Crippen LogP contribution in [0.4, 0.5) is 13.2 Å². The molecule has 0 heterocycles. The fraction of sp³-hybridized carbons (Fsp3) is 0.278. The molecule has 0 bridgehead atoms. The van der Waals surface area contributed by atoms with Crippen molar-refractivity contribution in [1.29, 1.82) is 0 Å². The molecule has 10 heteroatoms. The molecule has 0 aliphatic heterocycles. The summed E-state index contributed by atoms with van der Waals surface area (Å²) >= 11 is 0. The molecule has 0 unspecified atom stereocenters. The number of benzene rings is 2. The highest BCUT2D eigenvalue weighted by atomic mass is 32.2. The molecule has 1 N–H and O–H groups in total. The number of halogens is 3. The van der Waals surface area contributed by atoms with E-state index in [4.69, 9.17) is 0 Å². The zero-order valence-corrected chi connectivity index (χ0v) is 15.9. The van der Waals surface area contributed by atoms with E-state index in [0.29, 0.717) is 5.56 Å². The van der Waals surface area contributed by atoms with Crippen LogP contribution in [0.2, 0.25) is 0 Å². The Morgan fingerprint density at radius 2 is 1.86 bits per heavy atom. The normalized spacial score (nSPS) is 12.6. The van der Waals surface area contributed by atoms with E-state index in [9.17, 15) is 26.4 Å². The van der Waals surface area contributed by atoms with Gasteiger partial charge < -0.3 is 9.64 Å². The highest BCUT2D eigenvalue weighted by molar-refractivity contribution is 7.89. The molecule has 0 aromatic heterocycles. The van der Waals surface area contributed by atoms with Gasteiger partial charge in [-0.2, -0.15) is 13.5 Å². The van der Waals surface area contributed by atoms with Crippen molar-refractivity contribution in [2.75, 3.05) is 7.05 Å². The van der Waals surface area contributed by atoms with Gasteiger partial charge >= 0.3 is 6.61 Å². The average Bonchev–Trinajstić information content (AvgIpc) is 2.60. The maximum atomic E-state index is 13.7. The molecule has 1 amide bonds. The summed E-state index contributed by atoms with van der Waals surface area (Å²) in [6, 6.07) is 9.44. The predicted octanol–water partition coefficient (Wildman–Crippen LogP) is 2.75. The number of carbonyl (C=O) groups is 1. The number of carbonyl (C=O) groups excluding carboxylic acids is 1. The second-order valence-electron chi connectivity index (χ2n) is 5.99. The van der Waals surface area contributed by atoms with Crippen molar-refractivity contribution >= 4 is 15.9 Å². The summed E-state index contributed by atoms with van der Waals surface area (Å²) in [6.07, 6.45) is 0. The molecule has 0 aliphatic carbocycles. The molecule has 6 nitrogen and oxygen atoms in total. The summed E-state index contributed by atoms with van der Waals surface area (Å²) in [6.45, 7) is -1.61. The quantitative estimate of drug-likeness (QED) is 0.718. The smallest absolute Gasteiger partial charge is 0.387 e. The van der Waals surface area contributed by atoms with Gasteiger partial charge in [-0.05, 0) is 36.8 Å². The summed E-state index contributed by atoms with van der Waals surface area (Å²) in [4.78, 5) is 13.1. The Morgan fingerprint density at radius 3 is 2.50 bits per heavy atom. The second kappa shape index (κ2) is 9.07. The zero-order valence-electron chi connectivity index (χ0n) is 15.1. The van der Waals surface area contributed by atoms with Gasteiger partial charge in [-0.3, -0.25) is 4.79 Å². The van der Waals surface area contributed by atoms with Crippen LogP contribution in [0.5, 0.6) is 5.75 Å². The van der Waals surface area contributed by atoms with Gasteiger partial charge in [0.2, 0.25) is 15.9 Å². The lowest BCUT2D eigenvalue weighted by atomic mass is 10.2. The Balaban J connectivity index is 2.05. The van der Waals surface area contributed by atoms with Crippen LogP contribution in [-0.4, -0.2) is 38.9 Å². The van der Waals surface area contributed by atoms with Crippen molar-refractivity contribution in [3.05, 3.63) is 59.9 Å². The highest BCUT2D eigenvalue weighted by Crippen LogP contribution is 2.18. The van der Waals surface area contributed by atoms with Gasteiger partial charge in [0.25, 0.3) is 0 Å². The fourth-order valence-electron chi connectivity index (χ4n) is 2.51. The Kier molecular flexibility index (Phi) is 7.03. The minimum Gasteiger partial charge on any atom is -0.435 e. The van der Waals surface area contributed by atoms with Gasteiger partial charge in [0.15, 0.2) is 0 Å². The molecule has 0 saturated carbocycles. The Hall–Kier alpha value is -2.59. The predicted molar refractivity (Wildman–Crippen MR) is 95.7 cm³/mol. The van der Waals surface area contributed by atoms with Crippen molar-refractivity contribution in [2.24, 2.45) is 0 Å². The summed E-state index contributed by atoms with van der Waals surface area (Å²) < 4.78 is 69.3. The summed E-state index contributed by atoms with van der Waals surface area (Å²) in [5, 5.41) is 0. The van der Waals surface area contributed by atoms with Crippen LogP contribution >= 0.6 is 0 Å². The van der Waals surface area contributed by atoms with E-state index in [1.807, 2.05) is 0 Å². The minimum atomic E-state index is -4.24. The third kappa shape index (κ3) is 5.70. The van der Waals surface area contributed by atoms with E-state index in [1.165, 1.54) is 49.2 Å². The molecule has 2 aromatic rings. The molecule has 1 atom stereocenters. The SMILES string of the molecule is C[C@H](NS(=O)(=O)c1ccccc1F)C(=O)N(C)Cc1cccc(OC(F)F)c1. The van der Waals surface area contributed by atoms with Gasteiger partial charge in [0, 0.05) is 13.6 Å². The Labute approximate surface area is 161 Å². The monoisotopic (exact) mass is 416 g/mol. The van der Waals surface area contributed by atoms with Crippen LogP contribution in [0.3, 0.4) is 0 Å². The lowest BCUT2D eigenvalue weighted by Crippen LogP contribution is -2.45. The van der Waals surface area contributed by atoms with Gasteiger partial charge in [-0.15, -0.1) is 0 Å². The fourth-order valence-corrected chi connectivity index (χ4v) is 3.79. The molecular formula is C18H19F3N2O4S. The van der Waals surface area contributed by atoms with Crippen molar-refractivity contribution in [3.63, 3.8) is 0 Å². The number of hydrogen-bond acceptors (Lipinski definition) is 4. The van der Waals surface area contributed by atoms with Crippen molar-refractivity contribution in [1.82, 2.24) is 9.62 Å². The van der Waals surface area contributed by atoms with Crippen LogP contribution in [0.25, 0.3) is 0 Å². The number of amides is 1. The van der Waals surface area contributed by atoms with Gasteiger partial charge in [-0.25, -0.2) is 12.8 Å². The van der Waals surface area contributed by atoms with Gasteiger partial charge in [-0.1, -0.05) is 24.3 Å². The summed E-state index contributed by atoms with van der Waals surface area (Å²) in [5.74, 6) is -1.57. The topological polar surface area (TPSA) is 75.7 Å². The van der Waals surface area contributed by atoms with Crippen LogP contribution in [0, 0.1) is 5.82 Å². The molecular weight excluding hydrogens is 397 g/mol. The first-order valence-electron chi connectivity index (χ1n) is 8.15. The van der Waals surface area contributed by atoms with Crippen molar-refractivity contribution in [2.45, 2.75) is 31.0 Å². The Bertz CT molecular complexity index is 938. The zero-order chi connectivity index (χ0) is 20.9. The van der Waals surface area contributed by atoms with Crippen molar-refractivity contribution in [3.8, 4) is 5.75 Å². The summed E-state index contributed by atoms with van der Waals surface area (Å²) in [5.41, 5.74) is 0.512. The molecule has 0 fully saturated rings. The molecule has 0 saturated heterocycles. The molecule has 0 aliphatic rings. The second-order valence-corrected chi connectivity index (χ2v) is 7.68. The van der Waals surface area contributed by atoms with Crippen LogP contribution < -0.4 is 9.46 Å². The Morgan fingerprint density at radius 1 is 1.18 bits per heavy atom. The van der Waals surface area contributed by atoms with Gasteiger partial charge in [0.1, 0.15) is 16.5 Å². The number of hydrogen-bond donors (Lipinski definition) is 1. The first-order chi connectivity index (χ1) is 13.1. The van der Waals surface area contributed by atoms with E-state index in [1.54, 1.807) is 6.07 Å². The lowest BCUT2D eigenvalue weighted by Gasteiger charge is -2.22. The number of nitrogens with one attached hydrogen (secondary N) is 1. The number of alkyl halides is 2. The third-order valence-electron chi connectivity index (χ3n) is 3.75. The number of nitrogens with zero attached hydrogens (tertiary/aromatic N) is 1. The first kappa shape index (κ1) is 21.7. The van der Waals surface area contributed by atoms with E-state index in [2.05, 4.69) is 9.46 Å². The average molecular weight is 416 g/mol. The maximum Gasteiger partial charge on any atom is 0.387 e. The number of ether oxygens (including phenoxy) is 1. The van der Waals surface area contributed by atoms with Crippen molar-refractivity contribution < 1.29 is 31.1 Å². The molecule has 2 aromatic carbocycles. The number of likely N-dealkylation sites (N-methyl/N-ethyl adjacent to an activating group) is 1. The van der Waals surface area contributed by atoms with Gasteiger partial charge in [0.05, 0.1) is 6.04 Å². The van der Waals surface area contributed by atoms with E-state index < -0.39 is 39.3 Å². The summed E-state index contributed by atoms with van der Waals surface area (Å²) in [7, 11) is -2.81. The molecule has 2 rings (SSSR count). The van der Waals surface area contributed by atoms with E-state index >= 15 is 0 Å². The first-order valence-corrected chi connectivity index (χ1v) is 9.64. The number of rotatable bonds is 8. The van der Waals surface area contributed by atoms with Crippen LogP contribution in [-0.2, 0) is 21.4 Å². The molecule has 0 radical (unpaired) electrons. The van der Waals surface area contributed by atoms with E-state index in [0.717, 1.165) is 12.1 Å². The van der Waals surface area contributed by atoms with Crippen LogP contribution in [0.1, 0.15) is 12.5 Å². The van der Waals surface area contributed by atoms with E-state index in [-0.39, 0.29) is 12.3 Å². The standard InChI is InChI=1S/C18H19F3N2O4S/c1-12(22-28(25,26)16-9-4-3-8-15(16)19)17(24)23(2)11-13-6-5-7-14(10-13)27-18(20)21/h3-10,12,18,22H,11H2,1-2H3/t12-/m0/s1.